The molecule has 8 aromatic heterocycles. The van der Waals surface area contributed by atoms with Crippen molar-refractivity contribution in [1.29, 1.82) is 0 Å². The number of benzene rings is 2. The lowest BCUT2D eigenvalue weighted by Gasteiger charge is -2.08. The smallest absolute Gasteiger partial charge is 0.155 e. The Morgan fingerprint density at radius 2 is 0.839 bits per heavy atom. The van der Waals surface area contributed by atoms with Gasteiger partial charge in [0.2, 0.25) is 0 Å². The molecule has 0 aliphatic rings. The number of thiophene rings is 4. The number of aryl methyl sites for hydroxylation is 2. The summed E-state index contributed by atoms with van der Waals surface area (Å²) in [5.41, 5.74) is 11.7. The lowest BCUT2D eigenvalue weighted by molar-refractivity contribution is 0.647. The molecular formula is C48H48N6S8. The number of nitrogens with zero attached hydrogens (tertiary/aromatic N) is 6. The van der Waals surface area contributed by atoms with Crippen LogP contribution in [0.1, 0.15) is 87.4 Å². The van der Waals surface area contributed by atoms with Gasteiger partial charge in [-0.3, -0.25) is 0 Å². The molecule has 8 heterocycles. The zero-order valence-electron chi connectivity index (χ0n) is 36.6. The van der Waals surface area contributed by atoms with Gasteiger partial charge in [-0.15, -0.1) is 45.3 Å². The van der Waals surface area contributed by atoms with Crippen LogP contribution in [0, 0.1) is 37.5 Å². The Hall–Kier alpha value is -3.34. The van der Waals surface area contributed by atoms with E-state index in [0.717, 1.165) is 89.3 Å². The van der Waals surface area contributed by atoms with E-state index in [-0.39, 0.29) is 0 Å². The molecule has 0 aliphatic heterocycles. The quantitative estimate of drug-likeness (QED) is 0.115. The first-order valence-electron chi connectivity index (χ1n) is 21.3. The molecule has 62 heavy (non-hydrogen) atoms. The van der Waals surface area contributed by atoms with Gasteiger partial charge in [0.25, 0.3) is 0 Å². The Morgan fingerprint density at radius 1 is 0.419 bits per heavy atom. The molecule has 0 atom stereocenters. The van der Waals surface area contributed by atoms with Crippen molar-refractivity contribution in [3.8, 4) is 50.4 Å². The molecule has 0 fully saturated rings. The van der Waals surface area contributed by atoms with Crippen LogP contribution in [0.25, 0.3) is 92.9 Å². The highest BCUT2D eigenvalue weighted by Crippen LogP contribution is 2.50. The van der Waals surface area contributed by atoms with Crippen LogP contribution in [0.5, 0.6) is 0 Å². The van der Waals surface area contributed by atoms with Gasteiger partial charge in [-0.25, -0.2) is 9.97 Å². The van der Waals surface area contributed by atoms with E-state index in [1.807, 2.05) is 45.3 Å². The van der Waals surface area contributed by atoms with Crippen LogP contribution in [0.15, 0.2) is 36.4 Å². The molecule has 10 rings (SSSR count). The Morgan fingerprint density at radius 3 is 1.39 bits per heavy atom. The molecule has 2 aromatic carbocycles. The summed E-state index contributed by atoms with van der Waals surface area (Å²) in [6.45, 7) is 22.9. The van der Waals surface area contributed by atoms with Gasteiger partial charge < -0.3 is 0 Å². The second-order valence-corrected chi connectivity index (χ2v) is 25.9. The third-order valence-electron chi connectivity index (χ3n) is 11.1. The molecule has 0 aliphatic carbocycles. The first-order chi connectivity index (χ1) is 29.8. The second-order valence-electron chi connectivity index (χ2n) is 18.2. The van der Waals surface area contributed by atoms with E-state index in [9.17, 15) is 0 Å². The zero-order chi connectivity index (χ0) is 43.1. The van der Waals surface area contributed by atoms with E-state index in [1.54, 1.807) is 22.7 Å². The van der Waals surface area contributed by atoms with Crippen molar-refractivity contribution < 1.29 is 0 Å². The summed E-state index contributed by atoms with van der Waals surface area (Å²) >= 11 is 13.6. The summed E-state index contributed by atoms with van der Waals surface area (Å²) in [4.78, 5) is 23.1. The van der Waals surface area contributed by atoms with E-state index >= 15 is 0 Å². The van der Waals surface area contributed by atoms with E-state index in [2.05, 4.69) is 106 Å². The zero-order valence-corrected chi connectivity index (χ0v) is 43.1. The SMILES string of the molecule is Cc1cc(CC(C)C)c(-c2nc3sc(-c4sc(-c5sc(-c6cc7c(cc(-c8cc(CC(C)C)c(C)s8)c8nsnc87)c7nsnc67)cc5CC(C)C)cc4CC(C)C)nc3s2)s1. The lowest BCUT2D eigenvalue weighted by atomic mass is 9.97. The highest BCUT2D eigenvalue weighted by atomic mass is 32.1. The Bertz CT molecular complexity index is 3230. The summed E-state index contributed by atoms with van der Waals surface area (Å²) in [7, 11) is 0. The maximum atomic E-state index is 5.31. The van der Waals surface area contributed by atoms with Crippen molar-refractivity contribution in [1.82, 2.24) is 27.5 Å². The molecule has 0 bridgehead atoms. The van der Waals surface area contributed by atoms with E-state index < -0.39 is 0 Å². The van der Waals surface area contributed by atoms with Gasteiger partial charge >= 0.3 is 0 Å². The van der Waals surface area contributed by atoms with Gasteiger partial charge in [0.15, 0.2) is 9.66 Å². The number of fused-ring (bicyclic) bond motifs is 6. The minimum absolute atomic E-state index is 0.503. The minimum atomic E-state index is 0.503. The number of rotatable bonds is 13. The Kier molecular flexibility index (Phi) is 11.6. The van der Waals surface area contributed by atoms with Gasteiger partial charge in [0.05, 0.1) is 33.2 Å². The topological polar surface area (TPSA) is 77.3 Å². The number of aromatic nitrogens is 6. The Balaban J connectivity index is 1.07. The third kappa shape index (κ3) is 7.94. The van der Waals surface area contributed by atoms with Crippen molar-refractivity contribution in [3.63, 3.8) is 0 Å². The normalized spacial score (nSPS) is 12.5. The van der Waals surface area contributed by atoms with Crippen molar-refractivity contribution in [2.75, 3.05) is 0 Å². The van der Waals surface area contributed by atoms with Crippen LogP contribution in [0.4, 0.5) is 0 Å². The second kappa shape index (κ2) is 16.9. The molecule has 6 nitrogen and oxygen atoms in total. The van der Waals surface area contributed by atoms with Crippen LogP contribution in [-0.4, -0.2) is 27.5 Å². The maximum Gasteiger partial charge on any atom is 0.155 e. The van der Waals surface area contributed by atoms with Crippen molar-refractivity contribution in [3.05, 3.63) is 68.4 Å². The standard InChI is InChI=1S/C48H48N6S8/c1-21(2)11-27-16-35(56-26(27)10)33-19-31-32(38-40(33)53-61-51-38)20-34(41-39(31)52-62-54-41)36-17-29(13-23(5)6)42(57-36)37-18-30(14-24(7)8)44(58-37)46-50-48-47(60-46)49-45(59-48)43-28(12-22(3)4)15-25(9)55-43/h15-24H,11-14H2,1-10H3. The summed E-state index contributed by atoms with van der Waals surface area (Å²) in [5, 5.41) is 4.38. The number of hydrogen-bond acceptors (Lipinski definition) is 14. The van der Waals surface area contributed by atoms with Crippen molar-refractivity contribution >= 4 is 134 Å². The first-order valence-corrected chi connectivity index (χ1v) is 27.7. The Labute approximate surface area is 395 Å². The molecule has 14 heteroatoms. The van der Waals surface area contributed by atoms with Gasteiger partial charge in [-0.2, -0.15) is 17.5 Å². The summed E-state index contributed by atoms with van der Waals surface area (Å²) in [6.07, 6.45) is 4.14. The molecular weight excluding hydrogens is 917 g/mol. The summed E-state index contributed by atoms with van der Waals surface area (Å²) in [5.74, 6) is 2.22. The van der Waals surface area contributed by atoms with Gasteiger partial charge in [0.1, 0.15) is 32.1 Å². The molecule has 0 spiro atoms. The predicted octanol–water partition coefficient (Wildman–Crippen LogP) is 16.9. The highest BCUT2D eigenvalue weighted by Gasteiger charge is 2.26. The predicted molar refractivity (Wildman–Crippen MR) is 277 cm³/mol. The highest BCUT2D eigenvalue weighted by molar-refractivity contribution is 7.32. The fourth-order valence-corrected chi connectivity index (χ4v) is 16.6. The maximum absolute atomic E-state index is 5.31. The number of hydrogen-bond donors (Lipinski definition) is 0. The first kappa shape index (κ1) is 42.6. The molecule has 0 radical (unpaired) electrons. The van der Waals surface area contributed by atoms with Crippen LogP contribution >= 0.6 is 91.5 Å². The van der Waals surface area contributed by atoms with Crippen LogP contribution in [0.2, 0.25) is 0 Å². The fraction of sp³-hybridized carbons (Fsp3) is 0.375. The molecule has 318 valence electrons. The van der Waals surface area contributed by atoms with Gasteiger partial charge in [-0.1, -0.05) is 78.1 Å². The number of thiazole rings is 2. The lowest BCUT2D eigenvalue weighted by Crippen LogP contribution is -1.94. The van der Waals surface area contributed by atoms with E-state index in [4.69, 9.17) is 27.5 Å². The average molecular weight is 965 g/mol. The van der Waals surface area contributed by atoms with Crippen molar-refractivity contribution in [2.24, 2.45) is 23.7 Å². The molecule has 0 amide bonds. The third-order valence-corrected chi connectivity index (χ3v) is 19.2. The van der Waals surface area contributed by atoms with E-state index in [0.29, 0.717) is 23.7 Å². The molecule has 0 saturated heterocycles. The van der Waals surface area contributed by atoms with Gasteiger partial charge in [-0.05, 0) is 122 Å². The molecule has 0 unspecified atom stereocenters. The van der Waals surface area contributed by atoms with E-state index in [1.165, 1.54) is 84.7 Å². The summed E-state index contributed by atoms with van der Waals surface area (Å²) in [6, 6.07) is 14.2. The van der Waals surface area contributed by atoms with Gasteiger partial charge in [0, 0.05) is 51.2 Å². The minimum Gasteiger partial charge on any atom is -0.222 e. The molecule has 0 N–H and O–H groups in total. The fourth-order valence-electron chi connectivity index (χ4n) is 8.58. The monoisotopic (exact) mass is 964 g/mol. The average Bonchev–Trinajstić information content (AvgIpc) is 4.04. The van der Waals surface area contributed by atoms with Crippen molar-refractivity contribution in [2.45, 2.75) is 94.9 Å². The summed E-state index contributed by atoms with van der Waals surface area (Å²) < 4.78 is 19.8. The largest absolute Gasteiger partial charge is 0.222 e. The molecule has 10 aromatic rings. The van der Waals surface area contributed by atoms with Crippen LogP contribution < -0.4 is 0 Å². The van der Waals surface area contributed by atoms with Crippen LogP contribution in [-0.2, 0) is 25.7 Å². The van der Waals surface area contributed by atoms with Crippen LogP contribution in [0.3, 0.4) is 0 Å². The molecule has 0 saturated carbocycles.